The van der Waals surface area contributed by atoms with Gasteiger partial charge in [-0.25, -0.2) is 9.97 Å². The summed E-state index contributed by atoms with van der Waals surface area (Å²) in [6.45, 7) is 3.65. The van der Waals surface area contributed by atoms with Crippen LogP contribution in [0.5, 0.6) is 0 Å². The van der Waals surface area contributed by atoms with Gasteiger partial charge in [0.25, 0.3) is 0 Å². The summed E-state index contributed by atoms with van der Waals surface area (Å²) in [4.78, 5) is 30.8. The highest BCUT2D eigenvalue weighted by Gasteiger charge is 2.20. The molecule has 0 aliphatic carbocycles. The summed E-state index contributed by atoms with van der Waals surface area (Å²) in [5.74, 6) is 1.24. The molecule has 32 heavy (non-hydrogen) atoms. The standard InChI is InChI=1S/C23H21N7OS/c1-12(31)17-2-3-18(32-17)21-20-16(6-9-25-21)27-23(28-20)19-15-10-14(11-26-22(15)30-29-19)13-4-7-24-8-5-13/h2-3,6,9-11,13,24H,4-5,7-8H2,1H3,(H,27,28)(H,26,29,30). The van der Waals surface area contributed by atoms with Crippen LogP contribution in [0.1, 0.15) is 40.9 Å². The highest BCUT2D eigenvalue weighted by Crippen LogP contribution is 2.34. The number of thiophene rings is 1. The number of piperidine rings is 1. The lowest BCUT2D eigenvalue weighted by atomic mass is 9.91. The van der Waals surface area contributed by atoms with Gasteiger partial charge in [0.1, 0.15) is 16.9 Å². The maximum absolute atomic E-state index is 11.7. The molecule has 9 heteroatoms. The molecule has 8 nitrogen and oxygen atoms in total. The molecule has 0 saturated carbocycles. The molecule has 5 aromatic rings. The smallest absolute Gasteiger partial charge is 0.169 e. The van der Waals surface area contributed by atoms with Gasteiger partial charge in [-0.15, -0.1) is 11.3 Å². The van der Waals surface area contributed by atoms with Crippen LogP contribution in [0.25, 0.3) is 44.2 Å². The van der Waals surface area contributed by atoms with Crippen molar-refractivity contribution in [2.75, 3.05) is 13.1 Å². The zero-order valence-electron chi connectivity index (χ0n) is 17.5. The van der Waals surface area contributed by atoms with Crippen LogP contribution < -0.4 is 5.32 Å². The summed E-state index contributed by atoms with van der Waals surface area (Å²) >= 11 is 1.43. The highest BCUT2D eigenvalue weighted by atomic mass is 32.1. The van der Waals surface area contributed by atoms with Gasteiger partial charge in [-0.3, -0.25) is 14.9 Å². The van der Waals surface area contributed by atoms with Gasteiger partial charge in [0.2, 0.25) is 0 Å². The number of nitrogens with one attached hydrogen (secondary N) is 3. The summed E-state index contributed by atoms with van der Waals surface area (Å²) in [6, 6.07) is 7.87. The Bertz CT molecular complexity index is 1460. The number of Topliss-reactive ketones (excluding diaryl/α,β-unsaturated/α-hetero) is 1. The third-order valence-corrected chi connectivity index (χ3v) is 7.25. The number of aromatic amines is 2. The molecule has 0 spiro atoms. The maximum Gasteiger partial charge on any atom is 0.169 e. The second-order valence-electron chi connectivity index (χ2n) is 8.12. The average molecular weight is 444 g/mol. The molecule has 0 amide bonds. The molecule has 0 aromatic carbocycles. The third kappa shape index (κ3) is 3.21. The number of aromatic nitrogens is 6. The van der Waals surface area contributed by atoms with Crippen molar-refractivity contribution in [1.29, 1.82) is 0 Å². The van der Waals surface area contributed by atoms with E-state index in [1.165, 1.54) is 16.9 Å². The number of nitrogens with zero attached hydrogens (tertiary/aromatic N) is 4. The first kappa shape index (κ1) is 19.3. The van der Waals surface area contributed by atoms with E-state index in [2.05, 4.69) is 36.5 Å². The van der Waals surface area contributed by atoms with Gasteiger partial charge < -0.3 is 10.3 Å². The molecule has 1 aliphatic heterocycles. The molecular weight excluding hydrogens is 422 g/mol. The van der Waals surface area contributed by atoms with Crippen LogP contribution >= 0.6 is 11.3 Å². The van der Waals surface area contributed by atoms with E-state index in [1.54, 1.807) is 13.1 Å². The molecule has 3 N–H and O–H groups in total. The Morgan fingerprint density at radius 2 is 2.00 bits per heavy atom. The molecule has 160 valence electrons. The van der Waals surface area contributed by atoms with E-state index in [9.17, 15) is 4.79 Å². The second-order valence-corrected chi connectivity index (χ2v) is 9.21. The number of rotatable bonds is 4. The van der Waals surface area contributed by atoms with Crippen molar-refractivity contribution in [3.63, 3.8) is 0 Å². The molecule has 1 saturated heterocycles. The van der Waals surface area contributed by atoms with Crippen LogP contribution in [0.3, 0.4) is 0 Å². The van der Waals surface area contributed by atoms with Crippen molar-refractivity contribution in [3.8, 4) is 22.1 Å². The largest absolute Gasteiger partial charge is 0.336 e. The van der Waals surface area contributed by atoms with E-state index in [-0.39, 0.29) is 5.78 Å². The molecular formula is C23H21N7OS. The van der Waals surface area contributed by atoms with Gasteiger partial charge in [0, 0.05) is 12.4 Å². The Morgan fingerprint density at radius 3 is 2.81 bits per heavy atom. The predicted octanol–water partition coefficient (Wildman–Crippen LogP) is 4.29. The minimum absolute atomic E-state index is 0.0520. The van der Waals surface area contributed by atoms with Crippen molar-refractivity contribution >= 4 is 39.2 Å². The topological polar surface area (TPSA) is 112 Å². The number of carbonyl (C=O) groups is 1. The second kappa shape index (κ2) is 7.61. The van der Waals surface area contributed by atoms with Gasteiger partial charge in [-0.1, -0.05) is 0 Å². The zero-order valence-corrected chi connectivity index (χ0v) is 18.3. The maximum atomic E-state index is 11.7. The minimum atomic E-state index is 0.0520. The van der Waals surface area contributed by atoms with Gasteiger partial charge in [-0.2, -0.15) is 5.10 Å². The normalized spacial score (nSPS) is 15.0. The van der Waals surface area contributed by atoms with E-state index < -0.39 is 0 Å². The van der Waals surface area contributed by atoms with E-state index in [0.717, 1.165) is 64.3 Å². The highest BCUT2D eigenvalue weighted by molar-refractivity contribution is 7.17. The van der Waals surface area contributed by atoms with E-state index in [0.29, 0.717) is 16.6 Å². The van der Waals surface area contributed by atoms with Crippen LogP contribution in [0.4, 0.5) is 0 Å². The number of H-pyrrole nitrogens is 2. The number of hydrogen-bond donors (Lipinski definition) is 3. The summed E-state index contributed by atoms with van der Waals surface area (Å²) in [7, 11) is 0. The summed E-state index contributed by atoms with van der Waals surface area (Å²) < 4.78 is 0. The third-order valence-electron chi connectivity index (χ3n) is 6.06. The van der Waals surface area contributed by atoms with Crippen molar-refractivity contribution in [2.24, 2.45) is 0 Å². The van der Waals surface area contributed by atoms with Crippen molar-refractivity contribution in [1.82, 2.24) is 35.5 Å². The Morgan fingerprint density at radius 1 is 1.12 bits per heavy atom. The Kier molecular flexibility index (Phi) is 4.58. The summed E-state index contributed by atoms with van der Waals surface area (Å²) in [6.07, 6.45) is 5.95. The quantitative estimate of drug-likeness (QED) is 0.357. The van der Waals surface area contributed by atoms with Gasteiger partial charge in [0.05, 0.1) is 20.7 Å². The number of fused-ring (bicyclic) bond motifs is 2. The van der Waals surface area contributed by atoms with Gasteiger partial charge in [0.15, 0.2) is 17.3 Å². The van der Waals surface area contributed by atoms with Crippen LogP contribution in [0.2, 0.25) is 0 Å². The Hall–Kier alpha value is -3.43. The minimum Gasteiger partial charge on any atom is -0.336 e. The summed E-state index contributed by atoms with van der Waals surface area (Å²) in [5.41, 5.74) is 5.15. The first-order valence-corrected chi connectivity index (χ1v) is 11.5. The molecule has 1 aliphatic rings. The number of imidazole rings is 1. The SMILES string of the molecule is CC(=O)c1ccc(-c2nccc3[nH]c(-c4n[nH]c5ncc(C6CCNCC6)cc45)nc23)s1. The van der Waals surface area contributed by atoms with Gasteiger partial charge in [-0.05, 0) is 68.6 Å². The van der Waals surface area contributed by atoms with Crippen molar-refractivity contribution in [2.45, 2.75) is 25.7 Å². The van der Waals surface area contributed by atoms with E-state index in [1.807, 2.05) is 24.4 Å². The van der Waals surface area contributed by atoms with Gasteiger partial charge >= 0.3 is 0 Å². The number of hydrogen-bond acceptors (Lipinski definition) is 7. The van der Waals surface area contributed by atoms with Crippen LogP contribution in [-0.2, 0) is 0 Å². The molecule has 0 radical (unpaired) electrons. The molecule has 1 fully saturated rings. The van der Waals surface area contributed by atoms with Crippen LogP contribution in [0, 0.1) is 0 Å². The molecule has 5 aromatic heterocycles. The van der Waals surface area contributed by atoms with E-state index >= 15 is 0 Å². The van der Waals surface area contributed by atoms with Crippen LogP contribution in [0.15, 0.2) is 36.7 Å². The van der Waals surface area contributed by atoms with Crippen LogP contribution in [-0.4, -0.2) is 49.0 Å². The number of pyridine rings is 2. The zero-order chi connectivity index (χ0) is 21.7. The predicted molar refractivity (Wildman–Crippen MR) is 125 cm³/mol. The molecule has 6 heterocycles. The molecule has 0 atom stereocenters. The molecule has 6 rings (SSSR count). The number of ketones is 1. The fourth-order valence-corrected chi connectivity index (χ4v) is 5.26. The van der Waals surface area contributed by atoms with Crippen molar-refractivity contribution < 1.29 is 4.79 Å². The summed E-state index contributed by atoms with van der Waals surface area (Å²) in [5, 5.41) is 11.9. The fourth-order valence-electron chi connectivity index (χ4n) is 4.36. The van der Waals surface area contributed by atoms with E-state index in [4.69, 9.17) is 4.98 Å². The Balaban J connectivity index is 1.44. The lowest BCUT2D eigenvalue weighted by Crippen LogP contribution is -2.26. The monoisotopic (exact) mass is 443 g/mol. The van der Waals surface area contributed by atoms with Crippen molar-refractivity contribution in [3.05, 3.63) is 47.1 Å². The fraction of sp³-hybridized carbons (Fsp3) is 0.261. The lowest BCUT2D eigenvalue weighted by molar-refractivity contribution is 0.102. The molecule has 0 unspecified atom stereocenters. The number of carbonyl (C=O) groups excluding carboxylic acids is 1. The molecule has 0 bridgehead atoms. The first-order chi connectivity index (χ1) is 15.7. The first-order valence-electron chi connectivity index (χ1n) is 10.7. The average Bonchev–Trinajstić information content (AvgIpc) is 3.56. The Labute approximate surface area is 187 Å². The lowest BCUT2D eigenvalue weighted by Gasteiger charge is -2.22.